The van der Waals surface area contributed by atoms with E-state index in [1.54, 1.807) is 13.1 Å². The Labute approximate surface area is 147 Å². The van der Waals surface area contributed by atoms with Gasteiger partial charge in [0.2, 0.25) is 0 Å². The lowest BCUT2D eigenvalue weighted by molar-refractivity contribution is -0.137. The molecular formula is C19H17F3N2S. The molecule has 130 valence electrons. The lowest BCUT2D eigenvalue weighted by Gasteiger charge is -2.09. The molecule has 0 aliphatic rings. The Morgan fingerprint density at radius 3 is 2.40 bits per heavy atom. The van der Waals surface area contributed by atoms with Crippen molar-refractivity contribution in [3.05, 3.63) is 76.2 Å². The number of alkyl halides is 3. The minimum atomic E-state index is -4.35. The largest absolute Gasteiger partial charge is 0.416 e. The average Bonchev–Trinajstić information content (AvgIpc) is 2.91. The summed E-state index contributed by atoms with van der Waals surface area (Å²) >= 11 is 1.41. The van der Waals surface area contributed by atoms with E-state index >= 15 is 0 Å². The first kappa shape index (κ1) is 17.5. The van der Waals surface area contributed by atoms with Gasteiger partial charge in [0.05, 0.1) is 17.0 Å². The molecule has 0 saturated heterocycles. The molecule has 0 aliphatic carbocycles. The first-order valence-corrected chi connectivity index (χ1v) is 8.56. The number of rotatable bonds is 3. The van der Waals surface area contributed by atoms with Gasteiger partial charge in [0.1, 0.15) is 0 Å². The monoisotopic (exact) mass is 362 g/mol. The molecular weight excluding hydrogens is 345 g/mol. The van der Waals surface area contributed by atoms with Crippen LogP contribution in [-0.4, -0.2) is 11.6 Å². The number of thiazole rings is 1. The molecule has 0 unspecified atom stereocenters. The SMILES string of the molecule is CN=c1sc(-c2cccc(C(F)(F)F)c2)c(C)n1Cc1ccccc1. The second-order valence-electron chi connectivity index (χ2n) is 5.67. The lowest BCUT2D eigenvalue weighted by Crippen LogP contribution is -2.16. The molecule has 2 aromatic carbocycles. The van der Waals surface area contributed by atoms with Gasteiger partial charge in [0.15, 0.2) is 4.80 Å². The molecule has 0 fully saturated rings. The Morgan fingerprint density at radius 1 is 1.04 bits per heavy atom. The molecule has 0 N–H and O–H groups in total. The molecule has 3 aromatic rings. The predicted molar refractivity (Wildman–Crippen MR) is 94.5 cm³/mol. The summed E-state index contributed by atoms with van der Waals surface area (Å²) in [6, 6.07) is 15.4. The Balaban J connectivity index is 2.08. The van der Waals surface area contributed by atoms with Crippen LogP contribution >= 0.6 is 11.3 Å². The zero-order chi connectivity index (χ0) is 18.0. The van der Waals surface area contributed by atoms with Crippen molar-refractivity contribution in [1.29, 1.82) is 0 Å². The zero-order valence-electron chi connectivity index (χ0n) is 13.8. The van der Waals surface area contributed by atoms with E-state index in [9.17, 15) is 13.2 Å². The highest BCUT2D eigenvalue weighted by Gasteiger charge is 2.30. The second kappa shape index (κ2) is 6.88. The van der Waals surface area contributed by atoms with E-state index in [2.05, 4.69) is 4.99 Å². The molecule has 0 aliphatic heterocycles. The summed E-state index contributed by atoms with van der Waals surface area (Å²) < 4.78 is 41.0. The normalized spacial score (nSPS) is 12.6. The van der Waals surface area contributed by atoms with Gasteiger partial charge < -0.3 is 4.57 Å². The Bertz CT molecular complexity index is 937. The van der Waals surface area contributed by atoms with E-state index in [1.165, 1.54) is 23.5 Å². The van der Waals surface area contributed by atoms with Crippen LogP contribution in [-0.2, 0) is 12.7 Å². The minimum Gasteiger partial charge on any atom is -0.316 e. The molecule has 0 atom stereocenters. The third kappa shape index (κ3) is 3.69. The second-order valence-corrected chi connectivity index (χ2v) is 6.65. The highest BCUT2D eigenvalue weighted by Crippen LogP contribution is 2.34. The van der Waals surface area contributed by atoms with Crippen molar-refractivity contribution in [1.82, 2.24) is 4.57 Å². The van der Waals surface area contributed by atoms with Crippen molar-refractivity contribution < 1.29 is 13.2 Å². The van der Waals surface area contributed by atoms with Gasteiger partial charge in [-0.25, -0.2) is 0 Å². The van der Waals surface area contributed by atoms with Gasteiger partial charge in [0, 0.05) is 12.7 Å². The summed E-state index contributed by atoms with van der Waals surface area (Å²) in [5, 5.41) is 0. The highest BCUT2D eigenvalue weighted by atomic mass is 32.1. The number of hydrogen-bond acceptors (Lipinski definition) is 2. The van der Waals surface area contributed by atoms with Gasteiger partial charge in [-0.1, -0.05) is 53.8 Å². The standard InChI is InChI=1S/C19H17F3N2S/c1-13-17(15-9-6-10-16(11-15)19(20,21)22)25-18(23-2)24(13)12-14-7-4-3-5-8-14/h3-11H,12H2,1-2H3. The highest BCUT2D eigenvalue weighted by molar-refractivity contribution is 7.13. The number of halogens is 3. The Morgan fingerprint density at radius 2 is 1.76 bits per heavy atom. The molecule has 3 rings (SSSR count). The third-order valence-corrected chi connectivity index (χ3v) is 5.31. The van der Waals surface area contributed by atoms with Crippen LogP contribution in [0.5, 0.6) is 0 Å². The van der Waals surface area contributed by atoms with Crippen LogP contribution in [0.1, 0.15) is 16.8 Å². The van der Waals surface area contributed by atoms with Gasteiger partial charge in [0.25, 0.3) is 0 Å². The van der Waals surface area contributed by atoms with Gasteiger partial charge >= 0.3 is 6.18 Å². The molecule has 1 heterocycles. The van der Waals surface area contributed by atoms with Crippen molar-refractivity contribution in [3.63, 3.8) is 0 Å². The fourth-order valence-electron chi connectivity index (χ4n) is 2.71. The third-order valence-electron chi connectivity index (χ3n) is 3.98. The van der Waals surface area contributed by atoms with E-state index in [0.29, 0.717) is 12.1 Å². The van der Waals surface area contributed by atoms with Gasteiger partial charge in [-0.15, -0.1) is 0 Å². The number of hydrogen-bond donors (Lipinski definition) is 0. The molecule has 2 nitrogen and oxygen atoms in total. The first-order chi connectivity index (χ1) is 11.9. The summed E-state index contributed by atoms with van der Waals surface area (Å²) in [7, 11) is 1.70. The van der Waals surface area contributed by atoms with Crippen LogP contribution in [0.3, 0.4) is 0 Å². The quantitative estimate of drug-likeness (QED) is 0.615. The lowest BCUT2D eigenvalue weighted by atomic mass is 10.1. The van der Waals surface area contributed by atoms with Gasteiger partial charge in [-0.3, -0.25) is 4.99 Å². The van der Waals surface area contributed by atoms with E-state index in [1.807, 2.05) is 41.8 Å². The maximum atomic E-state index is 13.0. The first-order valence-electron chi connectivity index (χ1n) is 7.75. The van der Waals surface area contributed by atoms with Crippen LogP contribution in [0.15, 0.2) is 59.6 Å². The molecule has 0 saturated carbocycles. The van der Waals surface area contributed by atoms with Crippen LogP contribution in [0, 0.1) is 6.92 Å². The van der Waals surface area contributed by atoms with Crippen molar-refractivity contribution >= 4 is 11.3 Å². The predicted octanol–water partition coefficient (Wildman–Crippen LogP) is 5.12. The van der Waals surface area contributed by atoms with E-state index in [4.69, 9.17) is 0 Å². The van der Waals surface area contributed by atoms with Crippen LogP contribution in [0.2, 0.25) is 0 Å². The molecule has 1 aromatic heterocycles. The summed E-state index contributed by atoms with van der Waals surface area (Å²) in [6.07, 6.45) is -4.35. The smallest absolute Gasteiger partial charge is 0.316 e. The fourth-order valence-corrected chi connectivity index (χ4v) is 3.80. The van der Waals surface area contributed by atoms with Crippen LogP contribution < -0.4 is 4.80 Å². The average molecular weight is 362 g/mol. The molecule has 0 radical (unpaired) electrons. The Hall–Kier alpha value is -2.34. The van der Waals surface area contributed by atoms with Gasteiger partial charge in [-0.2, -0.15) is 13.2 Å². The molecule has 0 spiro atoms. The fraction of sp³-hybridized carbons (Fsp3) is 0.211. The van der Waals surface area contributed by atoms with Gasteiger partial charge in [-0.05, 0) is 30.2 Å². The molecule has 25 heavy (non-hydrogen) atoms. The van der Waals surface area contributed by atoms with Crippen molar-refractivity contribution in [2.24, 2.45) is 4.99 Å². The number of benzene rings is 2. The van der Waals surface area contributed by atoms with E-state index in [0.717, 1.165) is 27.0 Å². The van der Waals surface area contributed by atoms with E-state index in [-0.39, 0.29) is 0 Å². The summed E-state index contributed by atoms with van der Waals surface area (Å²) in [5.41, 5.74) is 1.96. The summed E-state index contributed by atoms with van der Waals surface area (Å²) in [4.78, 5) is 5.90. The molecule has 6 heteroatoms. The topological polar surface area (TPSA) is 17.3 Å². The maximum absolute atomic E-state index is 13.0. The zero-order valence-corrected chi connectivity index (χ0v) is 14.7. The number of aromatic nitrogens is 1. The van der Waals surface area contributed by atoms with Crippen molar-refractivity contribution in [2.75, 3.05) is 7.05 Å². The van der Waals surface area contributed by atoms with Crippen LogP contribution in [0.4, 0.5) is 13.2 Å². The maximum Gasteiger partial charge on any atom is 0.416 e. The number of nitrogens with zero attached hydrogens (tertiary/aromatic N) is 2. The van der Waals surface area contributed by atoms with Crippen LogP contribution in [0.25, 0.3) is 10.4 Å². The van der Waals surface area contributed by atoms with Crippen molar-refractivity contribution in [3.8, 4) is 10.4 Å². The van der Waals surface area contributed by atoms with Crippen molar-refractivity contribution in [2.45, 2.75) is 19.6 Å². The molecule has 0 bridgehead atoms. The minimum absolute atomic E-state index is 0.564. The Kier molecular flexibility index (Phi) is 4.81. The van der Waals surface area contributed by atoms with E-state index < -0.39 is 11.7 Å². The summed E-state index contributed by atoms with van der Waals surface area (Å²) in [6.45, 7) is 2.55. The summed E-state index contributed by atoms with van der Waals surface area (Å²) in [5.74, 6) is 0. The molecule has 0 amide bonds.